The summed E-state index contributed by atoms with van der Waals surface area (Å²) >= 11 is 0. The van der Waals surface area contributed by atoms with Crippen LogP contribution < -0.4 is 9.64 Å². The molecular weight excluding hydrogens is 370 g/mol. The van der Waals surface area contributed by atoms with Crippen LogP contribution in [0.5, 0.6) is 5.75 Å². The molecule has 1 aliphatic carbocycles. The lowest BCUT2D eigenvalue weighted by atomic mass is 9.87. The molecule has 0 saturated carbocycles. The number of hydrogen-bond acceptors (Lipinski definition) is 7. The minimum absolute atomic E-state index is 0.204. The summed E-state index contributed by atoms with van der Waals surface area (Å²) in [5, 5.41) is 30.3. The number of anilines is 1. The first kappa shape index (κ1) is 20.1. The number of aromatic nitrogens is 1. The van der Waals surface area contributed by atoms with Crippen molar-refractivity contribution in [1.82, 2.24) is 9.88 Å². The summed E-state index contributed by atoms with van der Waals surface area (Å²) in [6, 6.07) is 11.6. The second-order valence-corrected chi connectivity index (χ2v) is 7.88. The number of benzene rings is 1. The molecule has 3 N–H and O–H groups in total. The molecule has 29 heavy (non-hydrogen) atoms. The molecule has 1 saturated heterocycles. The van der Waals surface area contributed by atoms with Gasteiger partial charge in [-0.2, -0.15) is 0 Å². The van der Waals surface area contributed by atoms with E-state index in [0.717, 1.165) is 43.1 Å². The molecule has 1 aromatic heterocycles. The van der Waals surface area contributed by atoms with E-state index in [1.165, 1.54) is 0 Å². The Morgan fingerprint density at radius 3 is 2.55 bits per heavy atom. The number of aliphatic hydroxyl groups is 3. The van der Waals surface area contributed by atoms with Crippen LogP contribution in [0.4, 0.5) is 5.82 Å². The lowest BCUT2D eigenvalue weighted by molar-refractivity contribution is 0.0130. The van der Waals surface area contributed by atoms with Gasteiger partial charge in [0.2, 0.25) is 0 Å². The average Bonchev–Trinajstić information content (AvgIpc) is 2.74. The summed E-state index contributed by atoms with van der Waals surface area (Å²) in [6.45, 7) is 4.28. The molecule has 1 unspecified atom stereocenters. The van der Waals surface area contributed by atoms with Gasteiger partial charge in [0.15, 0.2) is 0 Å². The molecule has 7 heteroatoms. The van der Waals surface area contributed by atoms with E-state index in [0.29, 0.717) is 25.1 Å². The zero-order valence-electron chi connectivity index (χ0n) is 16.5. The fourth-order valence-electron chi connectivity index (χ4n) is 4.11. The van der Waals surface area contributed by atoms with Crippen molar-refractivity contribution in [3.63, 3.8) is 0 Å². The Morgan fingerprint density at radius 1 is 1.00 bits per heavy atom. The van der Waals surface area contributed by atoms with Gasteiger partial charge in [-0.3, -0.25) is 4.90 Å². The highest BCUT2D eigenvalue weighted by Crippen LogP contribution is 2.30. The molecular formula is C22H29N3O4. The van der Waals surface area contributed by atoms with Gasteiger partial charge < -0.3 is 25.0 Å². The molecule has 0 amide bonds. The molecule has 0 spiro atoms. The number of piperazine rings is 1. The van der Waals surface area contributed by atoms with Gasteiger partial charge in [-0.05, 0) is 23.8 Å². The molecule has 2 aromatic rings. The Kier molecular flexibility index (Phi) is 6.30. The molecule has 1 aliphatic heterocycles. The average molecular weight is 399 g/mol. The van der Waals surface area contributed by atoms with E-state index in [1.54, 1.807) is 0 Å². The van der Waals surface area contributed by atoms with Gasteiger partial charge >= 0.3 is 0 Å². The predicted octanol–water partition coefficient (Wildman–Crippen LogP) is 0.464. The van der Waals surface area contributed by atoms with E-state index in [1.807, 2.05) is 42.6 Å². The number of ether oxygens (including phenoxy) is 1. The summed E-state index contributed by atoms with van der Waals surface area (Å²) in [4.78, 5) is 8.90. The molecule has 7 nitrogen and oxygen atoms in total. The number of aliphatic hydroxyl groups excluding tert-OH is 3. The minimum Gasteiger partial charge on any atom is -0.491 e. The molecule has 1 aromatic carbocycles. The lowest BCUT2D eigenvalue weighted by Crippen LogP contribution is -2.49. The van der Waals surface area contributed by atoms with Crippen molar-refractivity contribution in [2.75, 3.05) is 44.2 Å². The number of β-amino-alcohol motifs (C(OH)–C–C–N with tert-alkyl or cyclic N) is 1. The molecule has 3 atom stereocenters. The fraction of sp³-hybridized carbons (Fsp3) is 0.500. The predicted molar refractivity (Wildman–Crippen MR) is 110 cm³/mol. The van der Waals surface area contributed by atoms with Crippen LogP contribution in [0.2, 0.25) is 0 Å². The van der Waals surface area contributed by atoms with E-state index >= 15 is 0 Å². The summed E-state index contributed by atoms with van der Waals surface area (Å²) in [6.07, 6.45) is 0.520. The van der Waals surface area contributed by atoms with Crippen molar-refractivity contribution >= 4 is 5.82 Å². The molecule has 0 radical (unpaired) electrons. The number of fused-ring (bicyclic) bond motifs is 1. The summed E-state index contributed by atoms with van der Waals surface area (Å²) in [5.74, 6) is 1.68. The summed E-state index contributed by atoms with van der Waals surface area (Å²) in [5.41, 5.74) is 1.93. The van der Waals surface area contributed by atoms with Gasteiger partial charge in [0.05, 0.1) is 12.2 Å². The molecule has 0 bridgehead atoms. The SMILES string of the molecule is OC(COc1cccc2c1C[C@H](O)[C@H](O)C2)CN1CCN(c2ccccn2)CC1. The third-order valence-corrected chi connectivity index (χ3v) is 5.76. The van der Waals surface area contributed by atoms with Crippen LogP contribution in [0, 0.1) is 0 Å². The lowest BCUT2D eigenvalue weighted by Gasteiger charge is -2.36. The molecule has 1 fully saturated rings. The highest BCUT2D eigenvalue weighted by atomic mass is 16.5. The van der Waals surface area contributed by atoms with E-state index in [4.69, 9.17) is 4.74 Å². The largest absolute Gasteiger partial charge is 0.491 e. The van der Waals surface area contributed by atoms with E-state index in [2.05, 4.69) is 14.8 Å². The number of hydrogen-bond donors (Lipinski definition) is 3. The van der Waals surface area contributed by atoms with E-state index in [9.17, 15) is 15.3 Å². The normalized spacial score (nSPS) is 23.5. The summed E-state index contributed by atoms with van der Waals surface area (Å²) < 4.78 is 5.89. The van der Waals surface area contributed by atoms with Gasteiger partial charge in [-0.1, -0.05) is 18.2 Å². The zero-order valence-corrected chi connectivity index (χ0v) is 16.5. The minimum atomic E-state index is -0.771. The van der Waals surface area contributed by atoms with Crippen LogP contribution in [0.15, 0.2) is 42.6 Å². The highest BCUT2D eigenvalue weighted by molar-refractivity contribution is 5.43. The van der Waals surface area contributed by atoms with Gasteiger partial charge in [-0.15, -0.1) is 0 Å². The maximum absolute atomic E-state index is 10.5. The quantitative estimate of drug-likeness (QED) is 0.650. The Balaban J connectivity index is 1.26. The zero-order chi connectivity index (χ0) is 20.2. The first-order chi connectivity index (χ1) is 14.1. The van der Waals surface area contributed by atoms with Crippen molar-refractivity contribution < 1.29 is 20.1 Å². The van der Waals surface area contributed by atoms with Crippen molar-refractivity contribution in [2.45, 2.75) is 31.2 Å². The van der Waals surface area contributed by atoms with Gasteiger partial charge in [0.1, 0.15) is 24.3 Å². The van der Waals surface area contributed by atoms with Crippen molar-refractivity contribution in [1.29, 1.82) is 0 Å². The van der Waals surface area contributed by atoms with Crippen LogP contribution in [-0.2, 0) is 12.8 Å². The van der Waals surface area contributed by atoms with Crippen molar-refractivity contribution in [3.8, 4) is 5.75 Å². The number of rotatable bonds is 6. The molecule has 2 aliphatic rings. The fourth-order valence-corrected chi connectivity index (χ4v) is 4.11. The third kappa shape index (κ3) is 4.87. The van der Waals surface area contributed by atoms with Crippen LogP contribution in [0.25, 0.3) is 0 Å². The topological polar surface area (TPSA) is 89.3 Å². The van der Waals surface area contributed by atoms with Crippen LogP contribution in [0.3, 0.4) is 0 Å². The number of pyridine rings is 1. The smallest absolute Gasteiger partial charge is 0.128 e. The third-order valence-electron chi connectivity index (χ3n) is 5.76. The molecule has 156 valence electrons. The highest BCUT2D eigenvalue weighted by Gasteiger charge is 2.27. The number of nitrogens with zero attached hydrogens (tertiary/aromatic N) is 3. The molecule has 2 heterocycles. The summed E-state index contributed by atoms with van der Waals surface area (Å²) in [7, 11) is 0. The van der Waals surface area contributed by atoms with E-state index in [-0.39, 0.29) is 6.61 Å². The van der Waals surface area contributed by atoms with Gasteiger partial charge in [-0.25, -0.2) is 4.98 Å². The van der Waals surface area contributed by atoms with Gasteiger partial charge in [0, 0.05) is 57.3 Å². The molecule has 4 rings (SSSR count). The Hall–Kier alpha value is -2.19. The van der Waals surface area contributed by atoms with E-state index < -0.39 is 18.3 Å². The van der Waals surface area contributed by atoms with Crippen LogP contribution in [0.1, 0.15) is 11.1 Å². The van der Waals surface area contributed by atoms with Crippen molar-refractivity contribution in [2.24, 2.45) is 0 Å². The first-order valence-corrected chi connectivity index (χ1v) is 10.3. The van der Waals surface area contributed by atoms with Crippen LogP contribution in [-0.4, -0.2) is 82.8 Å². The maximum Gasteiger partial charge on any atom is 0.128 e. The Morgan fingerprint density at radius 2 is 1.79 bits per heavy atom. The second kappa shape index (κ2) is 9.09. The van der Waals surface area contributed by atoms with Crippen LogP contribution >= 0.6 is 0 Å². The maximum atomic E-state index is 10.5. The Labute approximate surface area is 171 Å². The van der Waals surface area contributed by atoms with Gasteiger partial charge in [0.25, 0.3) is 0 Å². The Bertz CT molecular complexity index is 796. The first-order valence-electron chi connectivity index (χ1n) is 10.3. The van der Waals surface area contributed by atoms with Crippen molar-refractivity contribution in [3.05, 3.63) is 53.7 Å². The second-order valence-electron chi connectivity index (χ2n) is 7.88. The standard InChI is InChI=1S/C22H29N3O4/c26-17(14-24-8-10-25(11-9-24)22-6-1-2-7-23-22)15-29-21-5-3-4-16-12-19(27)20(28)13-18(16)21/h1-7,17,19-20,26-28H,8-15H2/t17?,19-,20+/m1/s1. The monoisotopic (exact) mass is 399 g/mol.